The van der Waals surface area contributed by atoms with Crippen LogP contribution < -0.4 is 0 Å². The number of rotatable bonds is 4. The molecule has 1 unspecified atom stereocenters. The van der Waals surface area contributed by atoms with Gasteiger partial charge in [-0.3, -0.25) is 4.48 Å². The fourth-order valence-corrected chi connectivity index (χ4v) is 3.22. The number of hydrogen-bond donors (Lipinski definition) is 2. The number of phosphoric acid groups is 1. The third-order valence-electron chi connectivity index (χ3n) is 3.76. The van der Waals surface area contributed by atoms with Crippen LogP contribution in [0.2, 0.25) is 0 Å². The summed E-state index contributed by atoms with van der Waals surface area (Å²) in [6.45, 7) is 2.44. The summed E-state index contributed by atoms with van der Waals surface area (Å²) < 4.78 is 21.2. The van der Waals surface area contributed by atoms with Crippen LogP contribution in [0.15, 0.2) is 0 Å². The van der Waals surface area contributed by atoms with E-state index in [0.717, 1.165) is 25.9 Å². The minimum absolute atomic E-state index is 0.0112. The zero-order valence-corrected chi connectivity index (χ0v) is 10.4. The summed E-state index contributed by atoms with van der Waals surface area (Å²) in [6, 6.07) is 0. The average Bonchev–Trinajstić information content (AvgIpc) is 2.28. The Morgan fingerprint density at radius 3 is 2.59 bits per heavy atom. The zero-order chi connectivity index (χ0) is 12.5. The van der Waals surface area contributed by atoms with Crippen molar-refractivity contribution in [1.29, 1.82) is 0 Å². The van der Waals surface area contributed by atoms with Crippen LogP contribution in [0.3, 0.4) is 0 Å². The van der Waals surface area contributed by atoms with Gasteiger partial charge in [-0.25, -0.2) is 9.09 Å². The number of terminal acetylenes is 1. The maximum Gasteiger partial charge on any atom is 0.474 e. The lowest BCUT2D eigenvalue weighted by Crippen LogP contribution is -2.64. The van der Waals surface area contributed by atoms with Gasteiger partial charge in [0.25, 0.3) is 0 Å². The van der Waals surface area contributed by atoms with Crippen LogP contribution in [-0.2, 0) is 13.8 Å². The first kappa shape index (κ1) is 12.9. The van der Waals surface area contributed by atoms with Crippen molar-refractivity contribution in [3.05, 3.63) is 0 Å². The van der Waals surface area contributed by atoms with Crippen LogP contribution in [-0.4, -0.2) is 46.7 Å². The second-order valence-electron chi connectivity index (χ2n) is 4.83. The van der Waals surface area contributed by atoms with E-state index in [4.69, 9.17) is 20.9 Å². The van der Waals surface area contributed by atoms with E-state index in [1.54, 1.807) is 0 Å². The molecule has 3 aliphatic rings. The Hall–Kier alpha value is -0.570. The Bertz CT molecular complexity index is 365. The maximum atomic E-state index is 10.8. The predicted molar refractivity (Wildman–Crippen MR) is 59.3 cm³/mol. The van der Waals surface area contributed by atoms with Gasteiger partial charge >= 0.3 is 7.82 Å². The van der Waals surface area contributed by atoms with Crippen molar-refractivity contribution < 1.29 is 28.1 Å². The molecule has 0 spiro atoms. The second-order valence-corrected chi connectivity index (χ2v) is 6.07. The van der Waals surface area contributed by atoms with Gasteiger partial charge in [0.1, 0.15) is 12.7 Å². The Labute approximate surface area is 100 Å². The number of fused-ring (bicyclic) bond motifs is 3. The number of ether oxygens (including phenoxy) is 1. The Morgan fingerprint density at radius 2 is 2.06 bits per heavy atom. The number of phosphoric ester groups is 1. The lowest BCUT2D eigenvalue weighted by atomic mass is 9.84. The van der Waals surface area contributed by atoms with Crippen LogP contribution in [0, 0.1) is 18.4 Å². The van der Waals surface area contributed by atoms with Gasteiger partial charge in [0.05, 0.1) is 13.1 Å². The van der Waals surface area contributed by atoms with Crippen LogP contribution in [0.5, 0.6) is 0 Å². The Kier molecular flexibility index (Phi) is 3.48. The molecule has 3 aliphatic heterocycles. The highest BCUT2D eigenvalue weighted by molar-refractivity contribution is 7.46. The van der Waals surface area contributed by atoms with E-state index in [2.05, 4.69) is 10.6 Å². The van der Waals surface area contributed by atoms with Gasteiger partial charge in [0.15, 0.2) is 12.8 Å². The molecule has 3 fully saturated rings. The Morgan fingerprint density at radius 1 is 1.41 bits per heavy atom. The summed E-state index contributed by atoms with van der Waals surface area (Å²) in [4.78, 5) is 17.5. The smallest absolute Gasteiger partial charge is 0.437 e. The quantitative estimate of drug-likeness (QED) is 0.432. The molecule has 0 amide bonds. The molecule has 3 heterocycles. The third kappa shape index (κ3) is 3.01. The van der Waals surface area contributed by atoms with E-state index in [-0.39, 0.29) is 12.8 Å². The van der Waals surface area contributed by atoms with Gasteiger partial charge < -0.3 is 14.5 Å². The maximum absolute atomic E-state index is 10.8. The molecule has 3 rings (SSSR count). The van der Waals surface area contributed by atoms with Crippen LogP contribution >= 0.6 is 7.82 Å². The SMILES string of the molecule is C#COC1C[N+]2(COP(=O)(O)O)CCC1CC2. The van der Waals surface area contributed by atoms with Crippen molar-refractivity contribution in [2.24, 2.45) is 5.92 Å². The summed E-state index contributed by atoms with van der Waals surface area (Å²) >= 11 is 0. The molecular weight excluding hydrogens is 245 g/mol. The highest BCUT2D eigenvalue weighted by Gasteiger charge is 2.47. The van der Waals surface area contributed by atoms with E-state index in [0.29, 0.717) is 16.9 Å². The topological polar surface area (TPSA) is 76.0 Å². The molecule has 7 heteroatoms. The van der Waals surface area contributed by atoms with Crippen molar-refractivity contribution in [3.63, 3.8) is 0 Å². The first-order valence-electron chi connectivity index (χ1n) is 5.61. The van der Waals surface area contributed by atoms with Crippen molar-refractivity contribution in [2.75, 3.05) is 26.4 Å². The average molecular weight is 262 g/mol. The van der Waals surface area contributed by atoms with Crippen LogP contribution in [0.1, 0.15) is 12.8 Å². The number of hydrogen-bond acceptors (Lipinski definition) is 3. The molecule has 3 saturated heterocycles. The zero-order valence-electron chi connectivity index (χ0n) is 9.49. The minimum Gasteiger partial charge on any atom is -0.437 e. The summed E-state index contributed by atoms with van der Waals surface area (Å²) in [6.07, 6.45) is 9.28. The van der Waals surface area contributed by atoms with Gasteiger partial charge in [0.2, 0.25) is 0 Å². The predicted octanol–water partition coefficient (Wildman–Crippen LogP) is 0.269. The number of nitrogens with zero attached hydrogens (tertiary/aromatic N) is 1. The van der Waals surface area contributed by atoms with E-state index >= 15 is 0 Å². The van der Waals surface area contributed by atoms with E-state index < -0.39 is 7.82 Å². The molecule has 0 aromatic heterocycles. The second kappa shape index (κ2) is 4.60. The van der Waals surface area contributed by atoms with Crippen molar-refractivity contribution >= 4 is 7.82 Å². The van der Waals surface area contributed by atoms with Gasteiger partial charge in [-0.2, -0.15) is 0 Å². The first-order valence-corrected chi connectivity index (χ1v) is 7.14. The highest BCUT2D eigenvalue weighted by Crippen LogP contribution is 2.40. The fourth-order valence-electron chi connectivity index (χ4n) is 2.82. The van der Waals surface area contributed by atoms with Crippen LogP contribution in [0.25, 0.3) is 0 Å². The van der Waals surface area contributed by atoms with E-state index in [1.807, 2.05) is 0 Å². The van der Waals surface area contributed by atoms with Gasteiger partial charge in [-0.15, -0.1) is 0 Å². The third-order valence-corrected chi connectivity index (χ3v) is 4.21. The summed E-state index contributed by atoms with van der Waals surface area (Å²) in [5.74, 6) is 0.473. The lowest BCUT2D eigenvalue weighted by Gasteiger charge is -2.50. The molecule has 0 radical (unpaired) electrons. The van der Waals surface area contributed by atoms with E-state index in [1.165, 1.54) is 0 Å². The van der Waals surface area contributed by atoms with Crippen molar-refractivity contribution in [3.8, 4) is 12.5 Å². The molecular formula is C10H17NO5P+. The monoisotopic (exact) mass is 262 g/mol. The summed E-state index contributed by atoms with van der Waals surface area (Å²) in [7, 11) is -4.40. The molecule has 17 heavy (non-hydrogen) atoms. The first-order chi connectivity index (χ1) is 7.94. The summed E-state index contributed by atoms with van der Waals surface area (Å²) in [5.41, 5.74) is 0. The molecule has 6 nitrogen and oxygen atoms in total. The number of quaternary nitrogens is 1. The Balaban J connectivity index is 2.00. The van der Waals surface area contributed by atoms with E-state index in [9.17, 15) is 4.57 Å². The van der Waals surface area contributed by atoms with Crippen LogP contribution in [0.4, 0.5) is 0 Å². The van der Waals surface area contributed by atoms with Gasteiger partial charge in [-0.1, -0.05) is 6.42 Å². The van der Waals surface area contributed by atoms with Gasteiger partial charge in [-0.05, 0) is 0 Å². The van der Waals surface area contributed by atoms with Gasteiger partial charge in [0, 0.05) is 18.8 Å². The lowest BCUT2D eigenvalue weighted by molar-refractivity contribution is -0.960. The molecule has 0 aliphatic carbocycles. The molecule has 0 saturated carbocycles. The molecule has 96 valence electrons. The fraction of sp³-hybridized carbons (Fsp3) is 0.800. The molecule has 1 atom stereocenters. The number of piperidine rings is 3. The minimum atomic E-state index is -4.40. The highest BCUT2D eigenvalue weighted by atomic mass is 31.2. The normalized spacial score (nSPS) is 36.5. The standard InChI is InChI=1S/C10H16NO5P/c1-2-15-10-7-11(8-16-17(12,13)14)5-3-9(10)4-6-11/h1,9-10H,3-8H2,(H-,12,13,14)/p+1. The molecule has 2 N–H and O–H groups in total. The molecule has 0 aromatic carbocycles. The van der Waals surface area contributed by atoms with Crippen molar-refractivity contribution in [1.82, 2.24) is 0 Å². The summed E-state index contributed by atoms with van der Waals surface area (Å²) in [5, 5.41) is 0. The molecule has 0 aromatic rings. The molecule has 2 bridgehead atoms. The van der Waals surface area contributed by atoms with Crippen molar-refractivity contribution in [2.45, 2.75) is 18.9 Å². The largest absolute Gasteiger partial charge is 0.474 e.